The van der Waals surface area contributed by atoms with E-state index in [0.29, 0.717) is 49.7 Å². The Morgan fingerprint density at radius 1 is 0.957 bits per heavy atom. The number of fused-ring (bicyclic) bond motifs is 1. The zero-order chi connectivity index (χ0) is 32.7. The van der Waals surface area contributed by atoms with Crippen LogP contribution >= 0.6 is 0 Å². The van der Waals surface area contributed by atoms with E-state index in [1.54, 1.807) is 24.3 Å². The van der Waals surface area contributed by atoms with E-state index in [2.05, 4.69) is 10.6 Å². The maximum absolute atomic E-state index is 13.3. The first-order chi connectivity index (χ1) is 21.9. The molecule has 5 amide bonds. The van der Waals surface area contributed by atoms with Gasteiger partial charge in [0.05, 0.1) is 29.1 Å². The minimum absolute atomic E-state index is 0.0344. The second-order valence-electron chi connectivity index (χ2n) is 12.9. The molecule has 4 heterocycles. The quantitative estimate of drug-likeness (QED) is 0.430. The largest absolute Gasteiger partial charge is 0.487 e. The lowest BCUT2D eigenvalue weighted by molar-refractivity contribution is -0.136. The van der Waals surface area contributed by atoms with Gasteiger partial charge >= 0.3 is 6.09 Å². The van der Waals surface area contributed by atoms with Crippen LogP contribution in [0.3, 0.4) is 0 Å². The molecular weight excluding hydrogens is 614 g/mol. The molecule has 0 spiro atoms. The zero-order valence-corrected chi connectivity index (χ0v) is 26.8. The average molecular weight is 652 g/mol. The molecule has 3 saturated heterocycles. The molecule has 0 radical (unpaired) electrons. The Kier molecular flexibility index (Phi) is 8.59. The molecule has 2 aromatic rings. The van der Waals surface area contributed by atoms with Crippen LogP contribution < -0.4 is 20.3 Å². The van der Waals surface area contributed by atoms with Crippen molar-refractivity contribution in [1.82, 2.24) is 19.8 Å². The topological polar surface area (TPSA) is 155 Å². The van der Waals surface area contributed by atoms with Crippen LogP contribution in [0.2, 0.25) is 0 Å². The predicted molar refractivity (Wildman–Crippen MR) is 167 cm³/mol. The summed E-state index contributed by atoms with van der Waals surface area (Å²) in [6.45, 7) is 7.68. The van der Waals surface area contributed by atoms with E-state index in [9.17, 15) is 28.2 Å². The van der Waals surface area contributed by atoms with E-state index in [4.69, 9.17) is 9.47 Å². The number of carbonyl (C=O) groups is 5. The minimum atomic E-state index is -1.38. The first kappa shape index (κ1) is 31.7. The highest BCUT2D eigenvalue weighted by Crippen LogP contribution is 2.33. The Balaban J connectivity index is 1.01. The van der Waals surface area contributed by atoms with Gasteiger partial charge in [-0.15, -0.1) is 0 Å². The highest BCUT2D eigenvalue weighted by molar-refractivity contribution is 7.82. The van der Waals surface area contributed by atoms with Crippen molar-refractivity contribution < 1.29 is 37.7 Å². The van der Waals surface area contributed by atoms with Gasteiger partial charge in [0.1, 0.15) is 34.5 Å². The van der Waals surface area contributed by atoms with Gasteiger partial charge in [0.15, 0.2) is 0 Å². The molecule has 4 aliphatic rings. The fraction of sp³-hybridized carbons (Fsp3) is 0.469. The zero-order valence-electron chi connectivity index (χ0n) is 25.9. The number of ether oxygens (including phenoxy) is 2. The van der Waals surface area contributed by atoms with E-state index >= 15 is 0 Å². The van der Waals surface area contributed by atoms with E-state index in [1.165, 1.54) is 0 Å². The maximum atomic E-state index is 13.3. The number of nitrogens with zero attached hydrogens (tertiary/aromatic N) is 3. The average Bonchev–Trinajstić information content (AvgIpc) is 3.22. The lowest BCUT2D eigenvalue weighted by atomic mass is 10.0. The molecule has 4 aliphatic heterocycles. The van der Waals surface area contributed by atoms with Gasteiger partial charge in [-0.05, 0) is 76.4 Å². The second kappa shape index (κ2) is 12.5. The smallest absolute Gasteiger partial charge is 0.407 e. The standard InChI is InChI=1S/C32H37N5O8S/c1-32(2,3)45-31(42)33-19-11-13-36(14-12-19)46(43)23-6-4-5-21(16-23)44-22-17-35(18-22)20-7-8-24-25(15-20)30(41)37(29(24)40)26-9-10-27(38)34-28(26)39/h4-8,15-16,19,22,26H,9-14,17-18H2,1-3H3,(H,33,42)(H,34,38,39). The van der Waals surface area contributed by atoms with Crippen LogP contribution in [0.4, 0.5) is 10.5 Å². The molecule has 0 bridgehead atoms. The molecule has 2 N–H and O–H groups in total. The molecule has 14 heteroatoms. The SMILES string of the molecule is CC(C)(C)OC(=O)NC1CCN(S(=O)c2cccc(OC3CN(c4ccc5c(c4)C(=O)N(C4CCC(=O)NC4=O)C5=O)C3)c2)CC1. The summed E-state index contributed by atoms with van der Waals surface area (Å²) in [4.78, 5) is 65.7. The molecule has 0 saturated carbocycles. The fourth-order valence-electron chi connectivity index (χ4n) is 6.02. The van der Waals surface area contributed by atoms with Crippen LogP contribution in [-0.4, -0.2) is 93.1 Å². The number of rotatable bonds is 7. The van der Waals surface area contributed by atoms with E-state index < -0.39 is 52.4 Å². The van der Waals surface area contributed by atoms with Crippen LogP contribution in [0, 0.1) is 0 Å². The second-order valence-corrected chi connectivity index (χ2v) is 14.4. The van der Waals surface area contributed by atoms with Crippen molar-refractivity contribution in [2.24, 2.45) is 0 Å². The van der Waals surface area contributed by atoms with Gasteiger partial charge in [-0.2, -0.15) is 0 Å². The molecule has 13 nitrogen and oxygen atoms in total. The van der Waals surface area contributed by atoms with Crippen LogP contribution in [0.15, 0.2) is 47.4 Å². The Morgan fingerprint density at radius 3 is 2.37 bits per heavy atom. The molecular formula is C32H37N5O8S. The number of nitrogens with one attached hydrogen (secondary N) is 2. The summed E-state index contributed by atoms with van der Waals surface area (Å²) >= 11 is 0. The van der Waals surface area contributed by atoms with Crippen LogP contribution in [0.5, 0.6) is 5.75 Å². The molecule has 2 aromatic carbocycles. The van der Waals surface area contributed by atoms with Gasteiger partial charge in [-0.1, -0.05) is 6.07 Å². The van der Waals surface area contributed by atoms with Crippen LogP contribution in [0.1, 0.15) is 67.2 Å². The van der Waals surface area contributed by atoms with Crippen molar-refractivity contribution >= 4 is 46.4 Å². The van der Waals surface area contributed by atoms with E-state index in [1.807, 2.05) is 48.2 Å². The Labute approximate surface area is 269 Å². The van der Waals surface area contributed by atoms with Crippen molar-refractivity contribution in [3.05, 3.63) is 53.6 Å². The number of imide groups is 2. The molecule has 6 rings (SSSR count). The summed E-state index contributed by atoms with van der Waals surface area (Å²) in [5.74, 6) is -1.53. The van der Waals surface area contributed by atoms with Crippen molar-refractivity contribution in [2.75, 3.05) is 31.1 Å². The molecule has 3 fully saturated rings. The van der Waals surface area contributed by atoms with E-state index in [-0.39, 0.29) is 36.1 Å². The number of alkyl carbamates (subject to hydrolysis) is 1. The Hall–Kier alpha value is -4.30. The Morgan fingerprint density at radius 2 is 1.67 bits per heavy atom. The van der Waals surface area contributed by atoms with Gasteiger partial charge in [0.2, 0.25) is 11.8 Å². The summed E-state index contributed by atoms with van der Waals surface area (Å²) in [6, 6.07) is 11.2. The predicted octanol–water partition coefficient (Wildman–Crippen LogP) is 2.37. The first-order valence-corrected chi connectivity index (χ1v) is 16.5. The third kappa shape index (κ3) is 6.63. The molecule has 2 atom stereocenters. The third-order valence-electron chi connectivity index (χ3n) is 8.36. The fourth-order valence-corrected chi connectivity index (χ4v) is 7.27. The highest BCUT2D eigenvalue weighted by Gasteiger charge is 2.45. The van der Waals surface area contributed by atoms with Crippen molar-refractivity contribution in [3.63, 3.8) is 0 Å². The van der Waals surface area contributed by atoms with Crippen molar-refractivity contribution in [1.29, 1.82) is 0 Å². The summed E-state index contributed by atoms with van der Waals surface area (Å²) in [7, 11) is -1.38. The van der Waals surface area contributed by atoms with Gasteiger partial charge < -0.3 is 19.7 Å². The molecule has 0 aliphatic carbocycles. The monoisotopic (exact) mass is 651 g/mol. The summed E-state index contributed by atoms with van der Waals surface area (Å²) in [6.07, 6.45) is 0.921. The number of benzene rings is 2. The van der Waals surface area contributed by atoms with Gasteiger partial charge in [-0.25, -0.2) is 13.3 Å². The van der Waals surface area contributed by atoms with Gasteiger partial charge in [0, 0.05) is 31.2 Å². The van der Waals surface area contributed by atoms with E-state index in [0.717, 1.165) is 10.6 Å². The van der Waals surface area contributed by atoms with Gasteiger partial charge in [-0.3, -0.25) is 29.4 Å². The summed E-state index contributed by atoms with van der Waals surface area (Å²) in [5.41, 5.74) is 0.658. The number of hydrogen-bond donors (Lipinski definition) is 2. The number of hydrogen-bond acceptors (Lipinski definition) is 9. The minimum Gasteiger partial charge on any atom is -0.487 e. The normalized spacial score (nSPS) is 21.8. The number of carbonyl (C=O) groups excluding carboxylic acids is 5. The van der Waals surface area contributed by atoms with Crippen molar-refractivity contribution in [3.8, 4) is 5.75 Å². The molecule has 2 unspecified atom stereocenters. The summed E-state index contributed by atoms with van der Waals surface area (Å²) < 4.78 is 26.7. The van der Waals surface area contributed by atoms with Crippen molar-refractivity contribution in [2.45, 2.75) is 75.1 Å². The summed E-state index contributed by atoms with van der Waals surface area (Å²) in [5, 5.41) is 5.10. The Bertz CT molecular complexity index is 1610. The maximum Gasteiger partial charge on any atom is 0.407 e. The lowest BCUT2D eigenvalue weighted by Gasteiger charge is -2.40. The van der Waals surface area contributed by atoms with Gasteiger partial charge in [0.25, 0.3) is 11.8 Å². The molecule has 0 aromatic heterocycles. The van der Waals surface area contributed by atoms with Crippen LogP contribution in [-0.2, 0) is 25.3 Å². The van der Waals surface area contributed by atoms with Crippen LogP contribution in [0.25, 0.3) is 0 Å². The number of amides is 5. The lowest BCUT2D eigenvalue weighted by Crippen LogP contribution is -2.54. The first-order valence-electron chi connectivity index (χ1n) is 15.4. The molecule has 244 valence electrons. The third-order valence-corrected chi connectivity index (χ3v) is 9.85. The molecule has 46 heavy (non-hydrogen) atoms. The highest BCUT2D eigenvalue weighted by atomic mass is 32.2. The number of anilines is 1. The number of piperidine rings is 2.